The van der Waals surface area contributed by atoms with Crippen LogP contribution < -0.4 is 16.0 Å². The van der Waals surface area contributed by atoms with Crippen LogP contribution in [-0.4, -0.2) is 81.9 Å². The smallest absolute Gasteiger partial charge is 0.255 e. The lowest BCUT2D eigenvalue weighted by molar-refractivity contribution is 0.0951. The summed E-state index contributed by atoms with van der Waals surface area (Å²) < 4.78 is 5.06. The first-order valence-corrected chi connectivity index (χ1v) is 9.34. The molecule has 0 heterocycles. The number of carbonyl (C=O) groups is 1. The number of guanidine groups is 1. The minimum Gasteiger partial charge on any atom is -0.507 e. The summed E-state index contributed by atoms with van der Waals surface area (Å²) in [7, 11) is 3.78. The number of rotatable bonds is 12. The molecule has 152 valence electrons. The van der Waals surface area contributed by atoms with Gasteiger partial charge in [-0.25, -0.2) is 0 Å². The second-order valence-electron chi connectivity index (χ2n) is 6.11. The summed E-state index contributed by atoms with van der Waals surface area (Å²) in [6, 6.07) is 6.49. The highest BCUT2D eigenvalue weighted by atomic mass is 16.5. The maximum atomic E-state index is 12.0. The van der Waals surface area contributed by atoms with Crippen LogP contribution in [0.4, 0.5) is 0 Å². The summed E-state index contributed by atoms with van der Waals surface area (Å²) in [4.78, 5) is 18.8. The summed E-state index contributed by atoms with van der Waals surface area (Å²) in [5.74, 6) is 0.404. The second-order valence-corrected chi connectivity index (χ2v) is 6.11. The number of benzene rings is 1. The molecular formula is C19H33N5O3. The summed E-state index contributed by atoms with van der Waals surface area (Å²) in [6.45, 7) is 7.03. The molecule has 0 saturated heterocycles. The van der Waals surface area contributed by atoms with Crippen molar-refractivity contribution >= 4 is 11.9 Å². The van der Waals surface area contributed by atoms with Crippen molar-refractivity contribution in [3.63, 3.8) is 0 Å². The maximum Gasteiger partial charge on any atom is 0.255 e. The standard InChI is InChI=1S/C19H33N5O3/c1-4-20-19(23-12-14-24(2)13-7-15-27-3)22-11-10-21-18(26)16-8-5-6-9-17(16)25/h5-6,8-9,25H,4,7,10-15H2,1-3H3,(H,21,26)(H2,20,22,23). The number of carbonyl (C=O) groups excluding carboxylic acids is 1. The largest absolute Gasteiger partial charge is 0.507 e. The van der Waals surface area contributed by atoms with Gasteiger partial charge in [0.05, 0.1) is 12.1 Å². The zero-order valence-electron chi connectivity index (χ0n) is 16.6. The van der Waals surface area contributed by atoms with E-state index in [-0.39, 0.29) is 17.2 Å². The number of aromatic hydroxyl groups is 1. The number of nitrogens with one attached hydrogen (secondary N) is 3. The highest BCUT2D eigenvalue weighted by Gasteiger charge is 2.09. The first-order valence-electron chi connectivity index (χ1n) is 9.34. The Morgan fingerprint density at radius 3 is 2.63 bits per heavy atom. The first kappa shape index (κ1) is 22.7. The van der Waals surface area contributed by atoms with Crippen LogP contribution in [0.25, 0.3) is 0 Å². The van der Waals surface area contributed by atoms with Gasteiger partial charge in [-0.2, -0.15) is 0 Å². The van der Waals surface area contributed by atoms with E-state index in [2.05, 4.69) is 32.9 Å². The van der Waals surface area contributed by atoms with Crippen molar-refractivity contribution in [2.45, 2.75) is 13.3 Å². The Bertz CT molecular complexity index is 580. The number of hydrogen-bond acceptors (Lipinski definition) is 5. The Hall–Kier alpha value is -2.32. The number of phenolic OH excluding ortho intramolecular Hbond substituents is 1. The third-order valence-corrected chi connectivity index (χ3v) is 3.84. The van der Waals surface area contributed by atoms with Crippen LogP contribution in [0, 0.1) is 0 Å². The van der Waals surface area contributed by atoms with Gasteiger partial charge in [-0.15, -0.1) is 0 Å². The average molecular weight is 380 g/mol. The Balaban J connectivity index is 2.31. The number of ether oxygens (including phenoxy) is 1. The molecule has 0 aliphatic heterocycles. The molecular weight excluding hydrogens is 346 g/mol. The lowest BCUT2D eigenvalue weighted by Gasteiger charge is -2.16. The zero-order valence-corrected chi connectivity index (χ0v) is 16.6. The second kappa shape index (κ2) is 13.8. The lowest BCUT2D eigenvalue weighted by Crippen LogP contribution is -2.42. The van der Waals surface area contributed by atoms with E-state index in [4.69, 9.17) is 4.74 Å². The van der Waals surface area contributed by atoms with Gasteiger partial charge in [0.15, 0.2) is 5.96 Å². The number of para-hydroxylation sites is 1. The number of likely N-dealkylation sites (N-methyl/N-ethyl adjacent to an activating group) is 1. The lowest BCUT2D eigenvalue weighted by atomic mass is 10.2. The van der Waals surface area contributed by atoms with Gasteiger partial charge in [0.1, 0.15) is 5.75 Å². The van der Waals surface area contributed by atoms with E-state index in [9.17, 15) is 9.90 Å². The SMILES string of the molecule is CCNC(=NCCN(C)CCCOC)NCCNC(=O)c1ccccc1O. The minimum atomic E-state index is -0.297. The Labute approximate surface area is 162 Å². The van der Waals surface area contributed by atoms with Gasteiger partial charge in [0, 0.05) is 46.4 Å². The maximum absolute atomic E-state index is 12.0. The normalized spacial score (nSPS) is 11.5. The van der Waals surface area contributed by atoms with E-state index in [0.717, 1.165) is 38.6 Å². The number of hydrogen-bond donors (Lipinski definition) is 4. The van der Waals surface area contributed by atoms with E-state index < -0.39 is 0 Å². The van der Waals surface area contributed by atoms with Crippen LogP contribution in [0.5, 0.6) is 5.75 Å². The van der Waals surface area contributed by atoms with Gasteiger partial charge in [-0.1, -0.05) is 12.1 Å². The molecule has 0 bridgehead atoms. The van der Waals surface area contributed by atoms with Gasteiger partial charge in [0.25, 0.3) is 5.91 Å². The molecule has 1 rings (SSSR count). The van der Waals surface area contributed by atoms with Crippen LogP contribution in [0.3, 0.4) is 0 Å². The molecule has 8 nitrogen and oxygen atoms in total. The fourth-order valence-electron chi connectivity index (χ4n) is 2.38. The summed E-state index contributed by atoms with van der Waals surface area (Å²) in [5, 5.41) is 18.8. The summed E-state index contributed by atoms with van der Waals surface area (Å²) >= 11 is 0. The minimum absolute atomic E-state index is 0.0209. The van der Waals surface area contributed by atoms with Crippen molar-refractivity contribution in [1.29, 1.82) is 0 Å². The highest BCUT2D eigenvalue weighted by molar-refractivity contribution is 5.96. The third kappa shape index (κ3) is 9.81. The molecule has 0 aromatic heterocycles. The molecule has 0 spiro atoms. The number of aliphatic imine (C=N–C) groups is 1. The van der Waals surface area contributed by atoms with Gasteiger partial charge < -0.3 is 30.7 Å². The number of amides is 1. The van der Waals surface area contributed by atoms with E-state index in [1.54, 1.807) is 25.3 Å². The molecule has 0 atom stereocenters. The van der Waals surface area contributed by atoms with E-state index >= 15 is 0 Å². The fourth-order valence-corrected chi connectivity index (χ4v) is 2.38. The van der Waals surface area contributed by atoms with Crippen LogP contribution in [0.2, 0.25) is 0 Å². The van der Waals surface area contributed by atoms with Crippen molar-refractivity contribution in [3.8, 4) is 5.75 Å². The molecule has 0 unspecified atom stereocenters. The monoisotopic (exact) mass is 379 g/mol. The van der Waals surface area contributed by atoms with Crippen molar-refractivity contribution < 1.29 is 14.6 Å². The first-order chi connectivity index (χ1) is 13.1. The molecule has 1 aromatic carbocycles. The summed E-state index contributed by atoms with van der Waals surface area (Å²) in [5.41, 5.74) is 0.273. The van der Waals surface area contributed by atoms with Gasteiger partial charge >= 0.3 is 0 Å². The Kier molecular flexibility index (Phi) is 11.6. The number of methoxy groups -OCH3 is 1. The van der Waals surface area contributed by atoms with Crippen molar-refractivity contribution in [3.05, 3.63) is 29.8 Å². The summed E-state index contributed by atoms with van der Waals surface area (Å²) in [6.07, 6.45) is 1.01. The predicted octanol–water partition coefficient (Wildman–Crippen LogP) is 0.645. The Morgan fingerprint density at radius 1 is 1.19 bits per heavy atom. The molecule has 8 heteroatoms. The molecule has 4 N–H and O–H groups in total. The van der Waals surface area contributed by atoms with Crippen LogP contribution >= 0.6 is 0 Å². The highest BCUT2D eigenvalue weighted by Crippen LogP contribution is 2.14. The van der Waals surface area contributed by atoms with Crippen molar-refractivity contribution in [2.75, 3.05) is 60.0 Å². The van der Waals surface area contributed by atoms with E-state index in [1.165, 1.54) is 6.07 Å². The fraction of sp³-hybridized carbons (Fsp3) is 0.579. The predicted molar refractivity (Wildman–Crippen MR) is 108 cm³/mol. The van der Waals surface area contributed by atoms with Crippen molar-refractivity contribution in [1.82, 2.24) is 20.9 Å². The average Bonchev–Trinajstić information content (AvgIpc) is 2.65. The van der Waals surface area contributed by atoms with Crippen molar-refractivity contribution in [2.24, 2.45) is 4.99 Å². The van der Waals surface area contributed by atoms with Gasteiger partial charge in [0.2, 0.25) is 0 Å². The van der Waals surface area contributed by atoms with E-state index in [1.807, 2.05) is 6.92 Å². The molecule has 0 radical (unpaired) electrons. The van der Waals surface area contributed by atoms with Gasteiger partial charge in [-0.3, -0.25) is 9.79 Å². The molecule has 0 aliphatic carbocycles. The topological polar surface area (TPSA) is 98.2 Å². The van der Waals surface area contributed by atoms with Crippen LogP contribution in [-0.2, 0) is 4.74 Å². The van der Waals surface area contributed by atoms with Crippen LogP contribution in [0.1, 0.15) is 23.7 Å². The molecule has 0 fully saturated rings. The quantitative estimate of drug-likeness (QED) is 0.242. The molecule has 1 amide bonds. The molecule has 27 heavy (non-hydrogen) atoms. The number of phenols is 1. The third-order valence-electron chi connectivity index (χ3n) is 3.84. The Morgan fingerprint density at radius 2 is 1.93 bits per heavy atom. The number of nitrogens with zero attached hydrogens (tertiary/aromatic N) is 2. The molecule has 0 saturated carbocycles. The van der Waals surface area contributed by atoms with E-state index in [0.29, 0.717) is 19.6 Å². The zero-order chi connectivity index (χ0) is 19.9. The van der Waals surface area contributed by atoms with Crippen LogP contribution in [0.15, 0.2) is 29.3 Å². The van der Waals surface area contributed by atoms with Gasteiger partial charge in [-0.05, 0) is 32.5 Å². The molecule has 1 aromatic rings. The molecule has 0 aliphatic rings.